The number of nitrogens with zero attached hydrogens (tertiary/aromatic N) is 3. The number of benzene rings is 1. The lowest BCUT2D eigenvalue weighted by atomic mass is 10.0. The van der Waals surface area contributed by atoms with Gasteiger partial charge in [0.25, 0.3) is 0 Å². The first kappa shape index (κ1) is 17.9. The van der Waals surface area contributed by atoms with Gasteiger partial charge in [0.2, 0.25) is 0 Å². The van der Waals surface area contributed by atoms with E-state index in [-0.39, 0.29) is 12.7 Å². The van der Waals surface area contributed by atoms with Crippen LogP contribution in [0.3, 0.4) is 0 Å². The summed E-state index contributed by atoms with van der Waals surface area (Å²) in [5, 5.41) is 27.6. The molecule has 1 aromatic carbocycles. The van der Waals surface area contributed by atoms with Crippen LogP contribution in [0.4, 0.5) is 5.82 Å². The van der Waals surface area contributed by atoms with E-state index in [1.807, 2.05) is 30.3 Å². The zero-order valence-electron chi connectivity index (χ0n) is 15.3. The van der Waals surface area contributed by atoms with Crippen LogP contribution < -0.4 is 4.90 Å². The fraction of sp³-hybridized carbons (Fsp3) is 0.400. The molecule has 2 aromatic heterocycles. The Kier molecular flexibility index (Phi) is 5.07. The van der Waals surface area contributed by atoms with Crippen molar-refractivity contribution in [1.82, 2.24) is 15.2 Å². The molecule has 1 aliphatic rings. The maximum absolute atomic E-state index is 9.89. The van der Waals surface area contributed by atoms with Gasteiger partial charge >= 0.3 is 0 Å². The molecule has 0 amide bonds. The van der Waals surface area contributed by atoms with Crippen LogP contribution in [0.5, 0.6) is 0 Å². The average Bonchev–Trinajstić information content (AvgIpc) is 3.12. The zero-order valence-corrected chi connectivity index (χ0v) is 15.3. The molecule has 1 aliphatic heterocycles. The van der Waals surface area contributed by atoms with Gasteiger partial charge in [-0.1, -0.05) is 6.07 Å². The molecule has 7 nitrogen and oxygen atoms in total. The van der Waals surface area contributed by atoms with Gasteiger partial charge in [-0.15, -0.1) is 0 Å². The number of hydrogen-bond acceptors (Lipinski definition) is 6. The second-order valence-electron chi connectivity index (χ2n) is 6.91. The molecular weight excluding hydrogens is 344 g/mol. The SMILES string of the molecule is CC(O)c1ccc2[nH]nc(-c3ccnc(N4CCOC(CCO)C4)c3)c2c1. The molecule has 0 bridgehead atoms. The number of ether oxygens (including phenoxy) is 1. The van der Waals surface area contributed by atoms with Crippen molar-refractivity contribution in [3.63, 3.8) is 0 Å². The highest BCUT2D eigenvalue weighted by Gasteiger charge is 2.21. The van der Waals surface area contributed by atoms with E-state index in [9.17, 15) is 5.11 Å². The number of H-pyrrole nitrogens is 1. The molecule has 3 heterocycles. The smallest absolute Gasteiger partial charge is 0.129 e. The van der Waals surface area contributed by atoms with E-state index >= 15 is 0 Å². The lowest BCUT2D eigenvalue weighted by Crippen LogP contribution is -2.43. The van der Waals surface area contributed by atoms with E-state index in [0.29, 0.717) is 19.6 Å². The number of rotatable bonds is 5. The Morgan fingerprint density at radius 2 is 2.22 bits per heavy atom. The van der Waals surface area contributed by atoms with Gasteiger partial charge in [0.1, 0.15) is 11.5 Å². The number of fused-ring (bicyclic) bond motifs is 1. The fourth-order valence-corrected chi connectivity index (χ4v) is 3.50. The van der Waals surface area contributed by atoms with Crippen molar-refractivity contribution in [3.05, 3.63) is 42.1 Å². The molecule has 7 heteroatoms. The first-order valence-corrected chi connectivity index (χ1v) is 9.25. The van der Waals surface area contributed by atoms with Gasteiger partial charge in [0, 0.05) is 36.8 Å². The Morgan fingerprint density at radius 1 is 1.33 bits per heavy atom. The Labute approximate surface area is 157 Å². The number of morpholine rings is 1. The molecule has 142 valence electrons. The first-order valence-electron chi connectivity index (χ1n) is 9.25. The topological polar surface area (TPSA) is 94.5 Å². The maximum atomic E-state index is 9.89. The number of hydrogen-bond donors (Lipinski definition) is 3. The van der Waals surface area contributed by atoms with Crippen LogP contribution in [0.25, 0.3) is 22.2 Å². The van der Waals surface area contributed by atoms with Crippen LogP contribution in [0.1, 0.15) is 25.0 Å². The number of pyridine rings is 1. The van der Waals surface area contributed by atoms with Gasteiger partial charge in [-0.05, 0) is 43.2 Å². The van der Waals surface area contributed by atoms with Crippen LogP contribution in [-0.2, 0) is 4.74 Å². The summed E-state index contributed by atoms with van der Waals surface area (Å²) >= 11 is 0. The molecule has 1 fully saturated rings. The number of aromatic amines is 1. The molecule has 2 unspecified atom stereocenters. The minimum Gasteiger partial charge on any atom is -0.396 e. The molecular formula is C20H24N4O3. The number of aliphatic hydroxyl groups excluding tert-OH is 2. The fourth-order valence-electron chi connectivity index (χ4n) is 3.50. The van der Waals surface area contributed by atoms with Gasteiger partial charge in [-0.25, -0.2) is 4.98 Å². The van der Waals surface area contributed by atoms with E-state index in [1.54, 1.807) is 13.1 Å². The molecule has 0 radical (unpaired) electrons. The molecule has 0 saturated carbocycles. The number of aromatic nitrogens is 3. The number of nitrogens with one attached hydrogen (secondary N) is 1. The second kappa shape index (κ2) is 7.64. The summed E-state index contributed by atoms with van der Waals surface area (Å²) in [5.74, 6) is 0.876. The first-order chi connectivity index (χ1) is 13.2. The highest BCUT2D eigenvalue weighted by atomic mass is 16.5. The highest BCUT2D eigenvalue weighted by molar-refractivity contribution is 5.93. The Balaban J connectivity index is 1.66. The molecule has 1 saturated heterocycles. The van der Waals surface area contributed by atoms with Crippen LogP contribution in [-0.4, -0.2) is 57.8 Å². The van der Waals surface area contributed by atoms with E-state index in [1.165, 1.54) is 0 Å². The third kappa shape index (κ3) is 3.66. The molecule has 0 aliphatic carbocycles. The minimum atomic E-state index is -0.526. The molecule has 3 N–H and O–H groups in total. The monoisotopic (exact) mass is 368 g/mol. The van der Waals surface area contributed by atoms with E-state index in [4.69, 9.17) is 9.84 Å². The van der Waals surface area contributed by atoms with Crippen molar-refractivity contribution in [3.8, 4) is 11.3 Å². The van der Waals surface area contributed by atoms with Crippen LogP contribution >= 0.6 is 0 Å². The second-order valence-corrected chi connectivity index (χ2v) is 6.91. The zero-order chi connectivity index (χ0) is 18.8. The summed E-state index contributed by atoms with van der Waals surface area (Å²) in [7, 11) is 0. The Morgan fingerprint density at radius 3 is 3.04 bits per heavy atom. The summed E-state index contributed by atoms with van der Waals surface area (Å²) in [6.07, 6.45) is 1.92. The van der Waals surface area contributed by atoms with Crippen molar-refractivity contribution < 1.29 is 14.9 Å². The number of aliphatic hydroxyl groups is 2. The summed E-state index contributed by atoms with van der Waals surface area (Å²) in [6.45, 7) is 3.99. The van der Waals surface area contributed by atoms with Gasteiger partial charge in [-0.3, -0.25) is 5.10 Å². The Hall–Kier alpha value is -2.48. The summed E-state index contributed by atoms with van der Waals surface area (Å²) in [5.41, 5.74) is 3.61. The summed E-state index contributed by atoms with van der Waals surface area (Å²) in [4.78, 5) is 6.71. The largest absolute Gasteiger partial charge is 0.396 e. The van der Waals surface area contributed by atoms with Crippen molar-refractivity contribution in [1.29, 1.82) is 0 Å². The predicted octanol–water partition coefficient (Wildman–Crippen LogP) is 2.27. The predicted molar refractivity (Wildman–Crippen MR) is 104 cm³/mol. The molecule has 27 heavy (non-hydrogen) atoms. The third-order valence-corrected chi connectivity index (χ3v) is 5.00. The van der Waals surface area contributed by atoms with Gasteiger partial charge in [0.05, 0.1) is 24.3 Å². The van der Waals surface area contributed by atoms with Gasteiger partial charge in [0.15, 0.2) is 0 Å². The molecule has 0 spiro atoms. The average molecular weight is 368 g/mol. The van der Waals surface area contributed by atoms with Crippen molar-refractivity contribution >= 4 is 16.7 Å². The minimum absolute atomic E-state index is 0.0222. The summed E-state index contributed by atoms with van der Waals surface area (Å²) < 4.78 is 5.70. The molecule has 2 atom stereocenters. The number of anilines is 1. The molecule has 4 rings (SSSR count). The van der Waals surface area contributed by atoms with Crippen molar-refractivity contribution in [2.45, 2.75) is 25.6 Å². The van der Waals surface area contributed by atoms with E-state index in [0.717, 1.165) is 40.1 Å². The van der Waals surface area contributed by atoms with Crippen LogP contribution in [0.15, 0.2) is 36.5 Å². The standard InChI is InChI=1S/C20H24N4O3/c1-13(26)14-2-3-18-17(10-14)20(23-22-18)15-4-6-21-19(11-15)24-7-9-27-16(12-24)5-8-25/h2-4,6,10-11,13,16,25-26H,5,7-9,12H2,1H3,(H,22,23). The van der Waals surface area contributed by atoms with Crippen LogP contribution in [0.2, 0.25) is 0 Å². The Bertz CT molecular complexity index is 922. The normalized spacial score (nSPS) is 18.8. The molecule has 3 aromatic rings. The van der Waals surface area contributed by atoms with Gasteiger partial charge in [-0.2, -0.15) is 5.10 Å². The van der Waals surface area contributed by atoms with E-state index < -0.39 is 6.10 Å². The third-order valence-electron chi connectivity index (χ3n) is 5.00. The lowest BCUT2D eigenvalue weighted by Gasteiger charge is -2.33. The lowest BCUT2D eigenvalue weighted by molar-refractivity contribution is 0.0244. The van der Waals surface area contributed by atoms with Crippen molar-refractivity contribution in [2.24, 2.45) is 0 Å². The van der Waals surface area contributed by atoms with Gasteiger partial charge < -0.3 is 19.8 Å². The van der Waals surface area contributed by atoms with Crippen molar-refractivity contribution in [2.75, 3.05) is 31.2 Å². The quantitative estimate of drug-likeness (QED) is 0.640. The summed E-state index contributed by atoms with van der Waals surface area (Å²) in [6, 6.07) is 9.80. The highest BCUT2D eigenvalue weighted by Crippen LogP contribution is 2.30. The van der Waals surface area contributed by atoms with Crippen LogP contribution in [0, 0.1) is 0 Å². The maximum Gasteiger partial charge on any atom is 0.129 e. The van der Waals surface area contributed by atoms with E-state index in [2.05, 4.69) is 20.1 Å².